The predicted molar refractivity (Wildman–Crippen MR) is 107 cm³/mol. The van der Waals surface area contributed by atoms with Gasteiger partial charge in [-0.15, -0.1) is 0 Å². The highest BCUT2D eigenvalue weighted by atomic mass is 16.4. The molecule has 2 aliphatic heterocycles. The van der Waals surface area contributed by atoms with E-state index in [-0.39, 0.29) is 11.3 Å². The quantitative estimate of drug-likeness (QED) is 0.698. The Bertz CT molecular complexity index is 953. The first-order valence-electron chi connectivity index (χ1n) is 9.99. The molecule has 2 aliphatic rings. The van der Waals surface area contributed by atoms with Crippen molar-refractivity contribution in [2.45, 2.75) is 32.2 Å². The molecule has 5 rings (SSSR count). The summed E-state index contributed by atoms with van der Waals surface area (Å²) >= 11 is 0. The number of anilines is 1. The van der Waals surface area contributed by atoms with Gasteiger partial charge in [-0.2, -0.15) is 4.98 Å². The molecule has 6 heteroatoms. The number of fused-ring (bicyclic) bond motifs is 1. The molecule has 0 bridgehead atoms. The summed E-state index contributed by atoms with van der Waals surface area (Å²) in [5.41, 5.74) is 2.77. The number of aromatic nitrogens is 2. The summed E-state index contributed by atoms with van der Waals surface area (Å²) in [7, 11) is 0. The molecule has 2 saturated heterocycles. The van der Waals surface area contributed by atoms with Crippen molar-refractivity contribution in [1.82, 2.24) is 14.9 Å². The van der Waals surface area contributed by atoms with Gasteiger partial charge in [-0.3, -0.25) is 9.78 Å². The number of amides is 1. The molecule has 2 aromatic heterocycles. The smallest absolute Gasteiger partial charge is 0.298 e. The first-order valence-corrected chi connectivity index (χ1v) is 9.99. The van der Waals surface area contributed by atoms with Crippen LogP contribution in [0.2, 0.25) is 0 Å². The fourth-order valence-corrected chi connectivity index (χ4v) is 4.63. The minimum atomic E-state index is 0.0988. The van der Waals surface area contributed by atoms with E-state index in [9.17, 15) is 4.79 Å². The topological polar surface area (TPSA) is 62.5 Å². The number of carbonyl (C=O) groups is 1. The minimum absolute atomic E-state index is 0.0988. The Morgan fingerprint density at radius 1 is 1.07 bits per heavy atom. The van der Waals surface area contributed by atoms with Crippen LogP contribution in [0.15, 0.2) is 53.1 Å². The summed E-state index contributed by atoms with van der Waals surface area (Å²) in [6.07, 6.45) is 5.55. The molecule has 2 fully saturated rings. The number of benzene rings is 1. The van der Waals surface area contributed by atoms with Gasteiger partial charge in [-0.05, 0) is 43.5 Å². The molecule has 0 N–H and O–H groups in total. The number of carbonyl (C=O) groups excluding carboxylic acids is 1. The largest absolute Gasteiger partial charge is 0.423 e. The number of rotatable bonds is 3. The maximum Gasteiger partial charge on any atom is 0.298 e. The first-order chi connectivity index (χ1) is 13.7. The fraction of sp³-hybridized carbons (Fsp3) is 0.409. The average molecular weight is 376 g/mol. The highest BCUT2D eigenvalue weighted by Crippen LogP contribution is 2.40. The van der Waals surface area contributed by atoms with Gasteiger partial charge in [0.15, 0.2) is 5.58 Å². The van der Waals surface area contributed by atoms with E-state index >= 15 is 0 Å². The van der Waals surface area contributed by atoms with Crippen molar-refractivity contribution in [3.8, 4) is 0 Å². The van der Waals surface area contributed by atoms with E-state index in [4.69, 9.17) is 4.42 Å². The van der Waals surface area contributed by atoms with E-state index < -0.39 is 0 Å². The molecule has 1 unspecified atom stereocenters. The van der Waals surface area contributed by atoms with Gasteiger partial charge < -0.3 is 14.2 Å². The molecular weight excluding hydrogens is 352 g/mol. The van der Waals surface area contributed by atoms with Gasteiger partial charge in [0.05, 0.1) is 12.2 Å². The van der Waals surface area contributed by atoms with Crippen LogP contribution in [0.1, 0.15) is 31.4 Å². The SMILES string of the molecule is O=C1CCC2(CCCN(c3nc4ccccc4o3)C2)CN1Cc1ccccn1. The van der Waals surface area contributed by atoms with Gasteiger partial charge in [-0.1, -0.05) is 18.2 Å². The van der Waals surface area contributed by atoms with Gasteiger partial charge in [0.2, 0.25) is 5.91 Å². The van der Waals surface area contributed by atoms with Crippen LogP contribution < -0.4 is 4.90 Å². The van der Waals surface area contributed by atoms with Crippen molar-refractivity contribution < 1.29 is 9.21 Å². The number of hydrogen-bond acceptors (Lipinski definition) is 5. The second kappa shape index (κ2) is 6.93. The number of pyridine rings is 1. The summed E-state index contributed by atoms with van der Waals surface area (Å²) in [6, 6.07) is 14.5. The second-order valence-corrected chi connectivity index (χ2v) is 8.06. The maximum absolute atomic E-state index is 12.5. The van der Waals surface area contributed by atoms with Crippen LogP contribution in [-0.4, -0.2) is 40.4 Å². The summed E-state index contributed by atoms with van der Waals surface area (Å²) in [5, 5.41) is 0. The fourth-order valence-electron chi connectivity index (χ4n) is 4.63. The molecule has 3 aromatic rings. The zero-order valence-corrected chi connectivity index (χ0v) is 15.9. The lowest BCUT2D eigenvalue weighted by molar-refractivity contribution is -0.138. The Kier molecular flexibility index (Phi) is 4.26. The lowest BCUT2D eigenvalue weighted by Gasteiger charge is -2.47. The number of hydrogen-bond donors (Lipinski definition) is 0. The van der Waals surface area contributed by atoms with Crippen molar-refractivity contribution in [1.29, 1.82) is 0 Å². The van der Waals surface area contributed by atoms with Crippen LogP contribution in [0.5, 0.6) is 0 Å². The first kappa shape index (κ1) is 17.2. The van der Waals surface area contributed by atoms with Crippen LogP contribution in [0.3, 0.4) is 0 Å². The van der Waals surface area contributed by atoms with Crippen molar-refractivity contribution >= 4 is 23.0 Å². The Morgan fingerprint density at radius 2 is 1.96 bits per heavy atom. The van der Waals surface area contributed by atoms with E-state index in [2.05, 4.69) is 14.9 Å². The van der Waals surface area contributed by atoms with Crippen molar-refractivity contribution in [3.63, 3.8) is 0 Å². The number of oxazole rings is 1. The van der Waals surface area contributed by atoms with E-state index in [0.29, 0.717) is 19.0 Å². The van der Waals surface area contributed by atoms with Crippen molar-refractivity contribution in [2.24, 2.45) is 5.41 Å². The van der Waals surface area contributed by atoms with Gasteiger partial charge >= 0.3 is 0 Å². The van der Waals surface area contributed by atoms with Crippen LogP contribution in [0, 0.1) is 5.41 Å². The molecule has 6 nitrogen and oxygen atoms in total. The molecule has 0 radical (unpaired) electrons. The molecule has 0 aliphatic carbocycles. The van der Waals surface area contributed by atoms with Gasteiger partial charge in [0.1, 0.15) is 5.52 Å². The standard InChI is InChI=1S/C22H24N4O2/c27-20-9-11-22(16-26(20)14-17-6-3-4-12-23-17)10-5-13-25(15-22)21-24-18-7-1-2-8-19(18)28-21/h1-4,6-8,12H,5,9-11,13-16H2. The molecule has 144 valence electrons. The highest BCUT2D eigenvalue weighted by molar-refractivity contribution is 5.77. The molecule has 1 spiro atoms. The van der Waals surface area contributed by atoms with E-state index in [0.717, 1.165) is 55.7 Å². The van der Waals surface area contributed by atoms with Crippen LogP contribution >= 0.6 is 0 Å². The summed E-state index contributed by atoms with van der Waals surface area (Å²) in [4.78, 5) is 25.9. The highest BCUT2D eigenvalue weighted by Gasteiger charge is 2.42. The Morgan fingerprint density at radius 3 is 2.82 bits per heavy atom. The molecule has 1 amide bonds. The van der Waals surface area contributed by atoms with Crippen molar-refractivity contribution in [2.75, 3.05) is 24.5 Å². The van der Waals surface area contributed by atoms with E-state index in [1.807, 2.05) is 47.4 Å². The Labute approximate surface area is 164 Å². The lowest BCUT2D eigenvalue weighted by Crippen LogP contribution is -2.54. The van der Waals surface area contributed by atoms with Crippen LogP contribution in [0.25, 0.3) is 11.1 Å². The number of para-hydroxylation sites is 2. The Hall–Kier alpha value is -2.89. The lowest BCUT2D eigenvalue weighted by atomic mass is 9.73. The maximum atomic E-state index is 12.5. The third-order valence-electron chi connectivity index (χ3n) is 6.04. The zero-order chi connectivity index (χ0) is 19.0. The molecule has 0 saturated carbocycles. The molecular formula is C22H24N4O2. The van der Waals surface area contributed by atoms with E-state index in [1.165, 1.54) is 0 Å². The number of likely N-dealkylation sites (tertiary alicyclic amines) is 1. The molecule has 4 heterocycles. The van der Waals surface area contributed by atoms with Gasteiger partial charge in [-0.25, -0.2) is 0 Å². The monoisotopic (exact) mass is 376 g/mol. The van der Waals surface area contributed by atoms with E-state index in [1.54, 1.807) is 6.20 Å². The Balaban J connectivity index is 1.36. The number of nitrogens with zero attached hydrogens (tertiary/aromatic N) is 4. The summed E-state index contributed by atoms with van der Waals surface area (Å²) in [6.45, 7) is 3.19. The third-order valence-corrected chi connectivity index (χ3v) is 6.04. The van der Waals surface area contributed by atoms with Crippen molar-refractivity contribution in [3.05, 3.63) is 54.4 Å². The second-order valence-electron chi connectivity index (χ2n) is 8.06. The molecule has 28 heavy (non-hydrogen) atoms. The molecule has 1 atom stereocenters. The summed E-state index contributed by atoms with van der Waals surface area (Å²) in [5.74, 6) is 0.232. The average Bonchev–Trinajstić information content (AvgIpc) is 3.16. The number of piperidine rings is 2. The third kappa shape index (κ3) is 3.23. The normalized spacial score (nSPS) is 22.9. The minimum Gasteiger partial charge on any atom is -0.423 e. The zero-order valence-electron chi connectivity index (χ0n) is 15.9. The predicted octanol–water partition coefficient (Wildman–Crippen LogP) is 3.63. The van der Waals surface area contributed by atoms with Crippen LogP contribution in [-0.2, 0) is 11.3 Å². The van der Waals surface area contributed by atoms with Gasteiger partial charge in [0.25, 0.3) is 6.01 Å². The van der Waals surface area contributed by atoms with Crippen LogP contribution in [0.4, 0.5) is 6.01 Å². The molecule has 1 aromatic carbocycles. The summed E-state index contributed by atoms with van der Waals surface area (Å²) < 4.78 is 6.01. The van der Waals surface area contributed by atoms with Gasteiger partial charge in [0, 0.05) is 37.7 Å².